The second-order valence-corrected chi connectivity index (χ2v) is 4.53. The van der Waals surface area contributed by atoms with Crippen molar-refractivity contribution in [2.24, 2.45) is 0 Å². The highest BCUT2D eigenvalue weighted by molar-refractivity contribution is 9.09. The summed E-state index contributed by atoms with van der Waals surface area (Å²) in [5.41, 5.74) is 0.740. The number of hydrogen-bond acceptors (Lipinski definition) is 2. The molecular weight excluding hydrogens is 282 g/mol. The molecule has 1 unspecified atom stereocenters. The molecular formula is C13H14BrNO2. The highest BCUT2D eigenvalue weighted by Gasteiger charge is 2.15. The summed E-state index contributed by atoms with van der Waals surface area (Å²) in [5, 5.41) is 4.61. The maximum Gasteiger partial charge on any atom is 0.287 e. The summed E-state index contributed by atoms with van der Waals surface area (Å²) in [7, 11) is 0. The Morgan fingerprint density at radius 3 is 2.88 bits per heavy atom. The van der Waals surface area contributed by atoms with E-state index < -0.39 is 0 Å². The standard InChI is InChI=1S/C13H14BrNO2/c1-2-10(8-14)15-13(16)12-7-9-5-3-4-6-11(9)17-12/h3-7,10H,2,8H2,1H3,(H,15,16). The number of hydrogen-bond donors (Lipinski definition) is 1. The Hall–Kier alpha value is -1.29. The van der Waals surface area contributed by atoms with Crippen molar-refractivity contribution in [1.29, 1.82) is 0 Å². The van der Waals surface area contributed by atoms with Crippen LogP contribution in [-0.2, 0) is 0 Å². The van der Waals surface area contributed by atoms with Crippen LogP contribution in [0.2, 0.25) is 0 Å². The molecule has 0 spiro atoms. The first kappa shape index (κ1) is 12.2. The van der Waals surface area contributed by atoms with Crippen LogP contribution in [-0.4, -0.2) is 17.3 Å². The van der Waals surface area contributed by atoms with E-state index in [4.69, 9.17) is 4.42 Å². The number of carbonyl (C=O) groups excluding carboxylic acids is 1. The fourth-order valence-electron chi connectivity index (χ4n) is 1.60. The monoisotopic (exact) mass is 295 g/mol. The van der Waals surface area contributed by atoms with Crippen LogP contribution in [0, 0.1) is 0 Å². The third-order valence-corrected chi connectivity index (χ3v) is 3.45. The van der Waals surface area contributed by atoms with Gasteiger partial charge in [-0.1, -0.05) is 41.1 Å². The minimum atomic E-state index is -0.160. The lowest BCUT2D eigenvalue weighted by atomic mass is 10.2. The molecule has 1 heterocycles. The summed E-state index contributed by atoms with van der Waals surface area (Å²) < 4.78 is 5.49. The van der Waals surface area contributed by atoms with Gasteiger partial charge < -0.3 is 9.73 Å². The van der Waals surface area contributed by atoms with Gasteiger partial charge in [-0.25, -0.2) is 0 Å². The van der Waals surface area contributed by atoms with Crippen molar-refractivity contribution in [3.63, 3.8) is 0 Å². The van der Waals surface area contributed by atoms with E-state index in [1.165, 1.54) is 0 Å². The van der Waals surface area contributed by atoms with Gasteiger partial charge in [0.2, 0.25) is 0 Å². The molecule has 1 amide bonds. The number of amides is 1. The fourth-order valence-corrected chi connectivity index (χ4v) is 2.22. The first-order valence-electron chi connectivity index (χ1n) is 5.60. The molecule has 90 valence electrons. The quantitative estimate of drug-likeness (QED) is 0.879. The van der Waals surface area contributed by atoms with Crippen LogP contribution in [0.25, 0.3) is 11.0 Å². The molecule has 4 heteroatoms. The van der Waals surface area contributed by atoms with Crippen LogP contribution in [0.4, 0.5) is 0 Å². The summed E-state index contributed by atoms with van der Waals surface area (Å²) in [6, 6.07) is 9.50. The molecule has 1 atom stereocenters. The second kappa shape index (κ2) is 5.36. The Morgan fingerprint density at radius 1 is 1.47 bits per heavy atom. The smallest absolute Gasteiger partial charge is 0.287 e. The van der Waals surface area contributed by atoms with E-state index in [-0.39, 0.29) is 11.9 Å². The summed E-state index contributed by atoms with van der Waals surface area (Å²) >= 11 is 3.37. The summed E-state index contributed by atoms with van der Waals surface area (Å²) in [5.74, 6) is 0.207. The minimum Gasteiger partial charge on any atom is -0.451 e. The number of nitrogens with one attached hydrogen (secondary N) is 1. The molecule has 0 saturated heterocycles. The summed E-state index contributed by atoms with van der Waals surface area (Å²) in [6.07, 6.45) is 0.886. The Labute approximate surface area is 108 Å². The largest absolute Gasteiger partial charge is 0.451 e. The lowest BCUT2D eigenvalue weighted by molar-refractivity contribution is 0.0914. The molecule has 1 aromatic heterocycles. The van der Waals surface area contributed by atoms with Gasteiger partial charge in [0.1, 0.15) is 5.58 Å². The van der Waals surface area contributed by atoms with Crippen molar-refractivity contribution in [3.05, 3.63) is 36.1 Å². The lowest BCUT2D eigenvalue weighted by Crippen LogP contribution is -2.35. The van der Waals surface area contributed by atoms with Crippen LogP contribution in [0.3, 0.4) is 0 Å². The average molecular weight is 296 g/mol. The zero-order valence-corrected chi connectivity index (χ0v) is 11.2. The number of alkyl halides is 1. The second-order valence-electron chi connectivity index (χ2n) is 3.88. The normalized spacial score (nSPS) is 12.6. The number of benzene rings is 1. The Bertz CT molecular complexity index is 484. The van der Waals surface area contributed by atoms with E-state index in [1.807, 2.05) is 31.2 Å². The van der Waals surface area contributed by atoms with E-state index in [0.717, 1.165) is 22.7 Å². The maximum atomic E-state index is 11.9. The Morgan fingerprint density at radius 2 is 2.24 bits per heavy atom. The molecule has 2 rings (SSSR count). The molecule has 3 nitrogen and oxygen atoms in total. The zero-order chi connectivity index (χ0) is 12.3. The van der Waals surface area contributed by atoms with Gasteiger partial charge in [-0.15, -0.1) is 0 Å². The first-order valence-corrected chi connectivity index (χ1v) is 6.72. The summed E-state index contributed by atoms with van der Waals surface area (Å²) in [6.45, 7) is 2.03. The Balaban J connectivity index is 2.19. The number of carbonyl (C=O) groups is 1. The number of fused-ring (bicyclic) bond motifs is 1. The lowest BCUT2D eigenvalue weighted by Gasteiger charge is -2.12. The number of rotatable bonds is 4. The van der Waals surface area contributed by atoms with Crippen molar-refractivity contribution in [2.45, 2.75) is 19.4 Å². The van der Waals surface area contributed by atoms with E-state index in [2.05, 4.69) is 21.2 Å². The van der Waals surface area contributed by atoms with E-state index in [0.29, 0.717) is 5.76 Å². The predicted molar refractivity (Wildman–Crippen MR) is 71.6 cm³/mol. The molecule has 2 aromatic rings. The van der Waals surface area contributed by atoms with Crippen LogP contribution in [0.5, 0.6) is 0 Å². The molecule has 1 aromatic carbocycles. The van der Waals surface area contributed by atoms with Crippen molar-refractivity contribution in [2.75, 3.05) is 5.33 Å². The van der Waals surface area contributed by atoms with Crippen LogP contribution in [0.1, 0.15) is 23.9 Å². The van der Waals surface area contributed by atoms with E-state index in [9.17, 15) is 4.79 Å². The van der Waals surface area contributed by atoms with E-state index in [1.54, 1.807) is 6.07 Å². The first-order chi connectivity index (χ1) is 8.24. The highest BCUT2D eigenvalue weighted by atomic mass is 79.9. The van der Waals surface area contributed by atoms with Crippen molar-refractivity contribution in [3.8, 4) is 0 Å². The van der Waals surface area contributed by atoms with Gasteiger partial charge in [0.25, 0.3) is 5.91 Å². The van der Waals surface area contributed by atoms with Crippen molar-refractivity contribution < 1.29 is 9.21 Å². The molecule has 0 radical (unpaired) electrons. The van der Waals surface area contributed by atoms with Gasteiger partial charge in [0.05, 0.1) is 0 Å². The zero-order valence-electron chi connectivity index (χ0n) is 9.57. The van der Waals surface area contributed by atoms with Gasteiger partial charge in [-0.05, 0) is 18.6 Å². The van der Waals surface area contributed by atoms with Crippen molar-refractivity contribution in [1.82, 2.24) is 5.32 Å². The summed E-state index contributed by atoms with van der Waals surface area (Å²) in [4.78, 5) is 11.9. The Kier molecular flexibility index (Phi) is 3.84. The average Bonchev–Trinajstić information content (AvgIpc) is 2.79. The highest BCUT2D eigenvalue weighted by Crippen LogP contribution is 2.18. The minimum absolute atomic E-state index is 0.135. The van der Waals surface area contributed by atoms with E-state index >= 15 is 0 Å². The molecule has 1 N–H and O–H groups in total. The molecule has 0 aliphatic rings. The SMILES string of the molecule is CCC(CBr)NC(=O)c1cc2ccccc2o1. The maximum absolute atomic E-state index is 11.9. The van der Waals surface area contributed by atoms with Gasteiger partial charge in [0.15, 0.2) is 5.76 Å². The fraction of sp³-hybridized carbons (Fsp3) is 0.308. The van der Waals surface area contributed by atoms with Gasteiger partial charge in [-0.3, -0.25) is 4.79 Å². The third-order valence-electron chi connectivity index (χ3n) is 2.66. The van der Waals surface area contributed by atoms with Crippen molar-refractivity contribution >= 4 is 32.8 Å². The van der Waals surface area contributed by atoms with Crippen LogP contribution >= 0.6 is 15.9 Å². The number of para-hydroxylation sites is 1. The van der Waals surface area contributed by atoms with Crippen LogP contribution < -0.4 is 5.32 Å². The topological polar surface area (TPSA) is 42.2 Å². The molecule has 0 aliphatic heterocycles. The third kappa shape index (κ3) is 2.69. The predicted octanol–water partition coefficient (Wildman–Crippen LogP) is 3.34. The number of halogens is 1. The number of furan rings is 1. The molecule has 0 bridgehead atoms. The molecule has 0 aliphatic carbocycles. The molecule has 17 heavy (non-hydrogen) atoms. The van der Waals surface area contributed by atoms with Gasteiger partial charge in [-0.2, -0.15) is 0 Å². The van der Waals surface area contributed by atoms with Crippen LogP contribution in [0.15, 0.2) is 34.7 Å². The van der Waals surface area contributed by atoms with Gasteiger partial charge in [0, 0.05) is 16.8 Å². The molecule has 0 saturated carbocycles. The molecule has 0 fully saturated rings. The van der Waals surface area contributed by atoms with Gasteiger partial charge >= 0.3 is 0 Å².